The summed E-state index contributed by atoms with van der Waals surface area (Å²) in [5.41, 5.74) is 2.73. The Morgan fingerprint density at radius 3 is 2.50 bits per heavy atom. The van der Waals surface area contributed by atoms with E-state index in [-0.39, 0.29) is 5.91 Å². The second-order valence-electron chi connectivity index (χ2n) is 5.53. The number of anilines is 1. The quantitative estimate of drug-likeness (QED) is 0.596. The molecule has 4 nitrogen and oxygen atoms in total. The molecule has 1 amide bonds. The van der Waals surface area contributed by atoms with Gasteiger partial charge in [0, 0.05) is 21.5 Å². The first-order valence-corrected chi connectivity index (χ1v) is 9.11. The lowest BCUT2D eigenvalue weighted by Crippen LogP contribution is -2.07. The highest BCUT2D eigenvalue weighted by Crippen LogP contribution is 2.31. The van der Waals surface area contributed by atoms with E-state index in [2.05, 4.69) is 10.3 Å². The van der Waals surface area contributed by atoms with Gasteiger partial charge in [-0.05, 0) is 42.8 Å². The van der Waals surface area contributed by atoms with E-state index in [0.717, 1.165) is 27.4 Å². The van der Waals surface area contributed by atoms with Gasteiger partial charge in [-0.2, -0.15) is 0 Å². The maximum absolute atomic E-state index is 12.1. The van der Waals surface area contributed by atoms with Crippen molar-refractivity contribution in [3.05, 3.63) is 70.1 Å². The van der Waals surface area contributed by atoms with Gasteiger partial charge in [0.25, 0.3) is 0 Å². The lowest BCUT2D eigenvalue weighted by atomic mass is 10.1. The Bertz CT molecular complexity index is 931. The molecule has 1 heterocycles. The number of aryl methyl sites for hydroxylation is 1. The molecule has 2 aromatic carbocycles. The van der Waals surface area contributed by atoms with Crippen LogP contribution < -0.4 is 10.1 Å². The van der Waals surface area contributed by atoms with Crippen LogP contribution in [0.4, 0.5) is 5.13 Å². The summed E-state index contributed by atoms with van der Waals surface area (Å²) in [5, 5.41) is 4.05. The van der Waals surface area contributed by atoms with E-state index in [4.69, 9.17) is 16.3 Å². The lowest BCUT2D eigenvalue weighted by Gasteiger charge is -1.99. The van der Waals surface area contributed by atoms with E-state index >= 15 is 0 Å². The molecule has 0 radical (unpaired) electrons. The van der Waals surface area contributed by atoms with Crippen molar-refractivity contribution in [1.82, 2.24) is 4.98 Å². The Labute approximate surface area is 161 Å². The number of nitrogens with one attached hydrogen (secondary N) is 1. The number of amides is 1. The van der Waals surface area contributed by atoms with Crippen molar-refractivity contribution >= 4 is 40.1 Å². The van der Waals surface area contributed by atoms with Crippen molar-refractivity contribution in [2.75, 3.05) is 12.4 Å². The number of benzene rings is 2. The molecule has 0 bridgehead atoms. The van der Waals surface area contributed by atoms with Crippen molar-refractivity contribution in [3.8, 4) is 17.0 Å². The van der Waals surface area contributed by atoms with Crippen LogP contribution in [-0.4, -0.2) is 18.0 Å². The van der Waals surface area contributed by atoms with Crippen LogP contribution in [-0.2, 0) is 4.79 Å². The molecule has 0 fully saturated rings. The second-order valence-corrected chi connectivity index (χ2v) is 7.17. The number of aromatic nitrogens is 1. The number of halogens is 1. The highest BCUT2D eigenvalue weighted by Gasteiger charge is 2.11. The molecule has 0 saturated heterocycles. The standard InChI is InChI=1S/C20H17ClN2O2S/c1-13-19(15-6-8-16(21)9-7-15)23-20(26-13)22-18(24)12-5-14-3-10-17(25-2)11-4-14/h3-12H,1-2H3,(H,22,23,24). The summed E-state index contributed by atoms with van der Waals surface area (Å²) >= 11 is 7.37. The minimum absolute atomic E-state index is 0.225. The number of carbonyl (C=O) groups is 1. The van der Waals surface area contributed by atoms with Crippen LogP contribution in [0, 0.1) is 6.92 Å². The molecule has 0 spiro atoms. The first-order chi connectivity index (χ1) is 12.5. The number of hydrogen-bond donors (Lipinski definition) is 1. The molecule has 0 saturated carbocycles. The van der Waals surface area contributed by atoms with Crippen LogP contribution >= 0.6 is 22.9 Å². The van der Waals surface area contributed by atoms with Crippen LogP contribution in [0.3, 0.4) is 0 Å². The monoisotopic (exact) mass is 384 g/mol. The van der Waals surface area contributed by atoms with Crippen LogP contribution in [0.2, 0.25) is 5.02 Å². The first kappa shape index (κ1) is 18.2. The highest BCUT2D eigenvalue weighted by molar-refractivity contribution is 7.16. The molecular weight excluding hydrogens is 368 g/mol. The topological polar surface area (TPSA) is 51.2 Å². The number of rotatable bonds is 5. The Morgan fingerprint density at radius 1 is 1.15 bits per heavy atom. The number of ether oxygens (including phenoxy) is 1. The average molecular weight is 385 g/mol. The van der Waals surface area contributed by atoms with Gasteiger partial charge in [-0.15, -0.1) is 11.3 Å². The van der Waals surface area contributed by atoms with Gasteiger partial charge in [-0.3, -0.25) is 10.1 Å². The maximum atomic E-state index is 12.1. The highest BCUT2D eigenvalue weighted by atomic mass is 35.5. The van der Waals surface area contributed by atoms with E-state index < -0.39 is 0 Å². The third-order valence-corrected chi connectivity index (χ3v) is 4.83. The van der Waals surface area contributed by atoms with Gasteiger partial charge < -0.3 is 4.74 Å². The Kier molecular flexibility index (Phi) is 5.71. The smallest absolute Gasteiger partial charge is 0.250 e. The molecule has 0 aliphatic carbocycles. The van der Waals surface area contributed by atoms with Gasteiger partial charge in [0.1, 0.15) is 5.75 Å². The van der Waals surface area contributed by atoms with Crippen LogP contribution in [0.1, 0.15) is 10.4 Å². The van der Waals surface area contributed by atoms with Crippen molar-refractivity contribution in [1.29, 1.82) is 0 Å². The number of nitrogens with zero attached hydrogens (tertiary/aromatic N) is 1. The van der Waals surface area contributed by atoms with E-state index in [9.17, 15) is 4.79 Å². The van der Waals surface area contributed by atoms with E-state index in [1.807, 2.05) is 55.5 Å². The fraction of sp³-hybridized carbons (Fsp3) is 0.100. The molecule has 3 rings (SSSR count). The molecule has 26 heavy (non-hydrogen) atoms. The Morgan fingerprint density at radius 2 is 1.85 bits per heavy atom. The number of thiazole rings is 1. The fourth-order valence-corrected chi connectivity index (χ4v) is 3.32. The zero-order valence-electron chi connectivity index (χ0n) is 14.3. The Hall–Kier alpha value is -2.63. The normalized spacial score (nSPS) is 10.9. The first-order valence-electron chi connectivity index (χ1n) is 7.91. The summed E-state index contributed by atoms with van der Waals surface area (Å²) < 4.78 is 5.11. The molecule has 3 aromatic rings. The third kappa shape index (κ3) is 4.50. The SMILES string of the molecule is COc1ccc(C=CC(=O)Nc2nc(-c3ccc(Cl)cc3)c(C)s2)cc1. The van der Waals surface area contributed by atoms with E-state index in [0.29, 0.717) is 10.2 Å². The van der Waals surface area contributed by atoms with Gasteiger partial charge in [-0.1, -0.05) is 35.9 Å². The molecule has 0 aliphatic rings. The summed E-state index contributed by atoms with van der Waals surface area (Å²) in [6.07, 6.45) is 3.23. The summed E-state index contributed by atoms with van der Waals surface area (Å²) in [7, 11) is 1.62. The van der Waals surface area contributed by atoms with Crippen LogP contribution in [0.25, 0.3) is 17.3 Å². The predicted molar refractivity (Wildman–Crippen MR) is 108 cm³/mol. The molecule has 1 N–H and O–H groups in total. The van der Waals surface area contributed by atoms with Crippen molar-refractivity contribution in [2.45, 2.75) is 6.92 Å². The molecule has 0 unspecified atom stereocenters. The van der Waals surface area contributed by atoms with Crippen molar-refractivity contribution < 1.29 is 9.53 Å². The lowest BCUT2D eigenvalue weighted by molar-refractivity contribution is -0.111. The molecule has 0 aliphatic heterocycles. The number of methoxy groups -OCH3 is 1. The van der Waals surface area contributed by atoms with Gasteiger partial charge in [-0.25, -0.2) is 4.98 Å². The molecular formula is C20H17ClN2O2S. The summed E-state index contributed by atoms with van der Waals surface area (Å²) in [6, 6.07) is 14.9. The van der Waals surface area contributed by atoms with E-state index in [1.54, 1.807) is 13.2 Å². The molecule has 6 heteroatoms. The second kappa shape index (κ2) is 8.17. The minimum Gasteiger partial charge on any atom is -0.497 e. The summed E-state index contributed by atoms with van der Waals surface area (Å²) in [6.45, 7) is 1.98. The van der Waals surface area contributed by atoms with Crippen LogP contribution in [0.15, 0.2) is 54.6 Å². The third-order valence-electron chi connectivity index (χ3n) is 3.69. The Balaban J connectivity index is 1.68. The van der Waals surface area contributed by atoms with E-state index in [1.165, 1.54) is 17.4 Å². The number of hydrogen-bond acceptors (Lipinski definition) is 4. The van der Waals surface area contributed by atoms with Crippen molar-refractivity contribution in [2.24, 2.45) is 0 Å². The number of carbonyl (C=O) groups excluding carboxylic acids is 1. The van der Waals surface area contributed by atoms with Gasteiger partial charge in [0.05, 0.1) is 12.8 Å². The largest absolute Gasteiger partial charge is 0.497 e. The summed E-state index contributed by atoms with van der Waals surface area (Å²) in [4.78, 5) is 17.7. The van der Waals surface area contributed by atoms with Gasteiger partial charge >= 0.3 is 0 Å². The summed E-state index contributed by atoms with van der Waals surface area (Å²) in [5.74, 6) is 0.553. The predicted octanol–water partition coefficient (Wildman–Crippen LogP) is 5.43. The molecule has 132 valence electrons. The van der Waals surface area contributed by atoms with Gasteiger partial charge in [0.2, 0.25) is 5.91 Å². The zero-order valence-corrected chi connectivity index (χ0v) is 15.9. The van der Waals surface area contributed by atoms with Crippen molar-refractivity contribution in [3.63, 3.8) is 0 Å². The van der Waals surface area contributed by atoms with Gasteiger partial charge in [0.15, 0.2) is 5.13 Å². The molecule has 0 atom stereocenters. The zero-order chi connectivity index (χ0) is 18.5. The fourth-order valence-electron chi connectivity index (χ4n) is 2.36. The average Bonchev–Trinajstić information content (AvgIpc) is 3.01. The van der Waals surface area contributed by atoms with Crippen LogP contribution in [0.5, 0.6) is 5.75 Å². The minimum atomic E-state index is -0.225. The molecule has 1 aromatic heterocycles. The maximum Gasteiger partial charge on any atom is 0.250 e.